The minimum absolute atomic E-state index is 0.0761. The van der Waals surface area contributed by atoms with Crippen LogP contribution in [0.1, 0.15) is 78.5 Å². The van der Waals surface area contributed by atoms with Crippen molar-refractivity contribution in [2.75, 3.05) is 6.54 Å². The number of rotatable bonds is 8. The van der Waals surface area contributed by atoms with Crippen LogP contribution < -0.4 is 5.32 Å². The molecule has 3 atom stereocenters. The Morgan fingerprint density at radius 1 is 1.07 bits per heavy atom. The number of carbonyl (C=O) groups is 3. The summed E-state index contributed by atoms with van der Waals surface area (Å²) in [6.07, 6.45) is -9.42. The average Bonchev–Trinajstić information content (AvgIpc) is 3.19. The molecule has 2 amide bonds. The van der Waals surface area contributed by atoms with Gasteiger partial charge in [0.25, 0.3) is 11.8 Å². The zero-order chi connectivity index (χ0) is 30.9. The number of aliphatic imine (C=N–C) groups is 1. The van der Waals surface area contributed by atoms with E-state index in [1.807, 2.05) is 0 Å². The van der Waals surface area contributed by atoms with Gasteiger partial charge < -0.3 is 15.3 Å². The highest BCUT2D eigenvalue weighted by molar-refractivity contribution is 6.46. The normalized spacial score (nSPS) is 21.8. The summed E-state index contributed by atoms with van der Waals surface area (Å²) in [4.78, 5) is 42.9. The van der Waals surface area contributed by atoms with Crippen molar-refractivity contribution in [2.45, 2.75) is 69.5 Å². The number of hydrogen-bond acceptors (Lipinski definition) is 4. The molecule has 42 heavy (non-hydrogen) atoms. The van der Waals surface area contributed by atoms with E-state index in [1.165, 1.54) is 17.0 Å². The lowest BCUT2D eigenvalue weighted by atomic mass is 9.79. The second-order valence-corrected chi connectivity index (χ2v) is 10.5. The van der Waals surface area contributed by atoms with Crippen LogP contribution in [0.2, 0.25) is 0 Å². The second kappa shape index (κ2) is 11.8. The molecule has 2 aliphatic rings. The molecular formula is C29H29F6N3O4. The maximum Gasteiger partial charge on any atom is 0.416 e. The van der Waals surface area contributed by atoms with E-state index in [0.29, 0.717) is 5.56 Å². The van der Waals surface area contributed by atoms with Gasteiger partial charge in [-0.25, -0.2) is 0 Å². The van der Waals surface area contributed by atoms with Crippen molar-refractivity contribution in [2.24, 2.45) is 10.9 Å². The Balaban J connectivity index is 1.69. The number of nitrogens with zero attached hydrogens (tertiary/aromatic N) is 2. The predicted octanol–water partition coefficient (Wildman–Crippen LogP) is 6.14. The van der Waals surface area contributed by atoms with Gasteiger partial charge in [-0.3, -0.25) is 19.4 Å². The number of halogens is 6. The zero-order valence-corrected chi connectivity index (χ0v) is 22.6. The number of aliphatic carboxylic acids is 1. The summed E-state index contributed by atoms with van der Waals surface area (Å²) in [5.74, 6) is -3.99. The standard InChI is InChI=1S/C29H29F6N3O4/c1-2-22(17-5-7-19(8-6-17)25(41)36-15-13-23(39)40)38-26(42)24(18-9-11-20(12-10-18)28(30,31)32)37-27(38)14-3-4-21(16-27)29(33,34)35/h5-12,21-22H,2-4,13-16H2,1H3,(H,36,41)(H,39,40). The molecular weight excluding hydrogens is 568 g/mol. The van der Waals surface area contributed by atoms with Crippen LogP contribution in [0.4, 0.5) is 26.3 Å². The summed E-state index contributed by atoms with van der Waals surface area (Å²) in [6.45, 7) is 1.67. The number of alkyl halides is 6. The number of nitrogens with one attached hydrogen (secondary N) is 1. The Hall–Kier alpha value is -3.90. The molecule has 226 valence electrons. The Bertz CT molecular complexity index is 1360. The lowest BCUT2D eigenvalue weighted by molar-refractivity contribution is -0.195. The first kappa shape index (κ1) is 31.0. The fourth-order valence-electron chi connectivity index (χ4n) is 5.69. The number of carbonyl (C=O) groups excluding carboxylic acids is 2. The van der Waals surface area contributed by atoms with Crippen molar-refractivity contribution >= 4 is 23.5 Å². The lowest BCUT2D eigenvalue weighted by Gasteiger charge is -2.46. The summed E-state index contributed by atoms with van der Waals surface area (Å²) in [7, 11) is 0. The highest BCUT2D eigenvalue weighted by Crippen LogP contribution is 2.50. The predicted molar refractivity (Wildman–Crippen MR) is 140 cm³/mol. The molecule has 1 heterocycles. The van der Waals surface area contributed by atoms with E-state index >= 15 is 0 Å². The van der Waals surface area contributed by atoms with Gasteiger partial charge in [0.2, 0.25) is 0 Å². The Morgan fingerprint density at radius 2 is 1.71 bits per heavy atom. The Morgan fingerprint density at radius 3 is 2.26 bits per heavy atom. The van der Waals surface area contributed by atoms with Crippen molar-refractivity contribution in [3.05, 3.63) is 70.8 Å². The van der Waals surface area contributed by atoms with Gasteiger partial charge in [0, 0.05) is 24.1 Å². The molecule has 0 radical (unpaired) electrons. The fourth-order valence-corrected chi connectivity index (χ4v) is 5.69. The molecule has 1 aliphatic carbocycles. The van der Waals surface area contributed by atoms with Crippen LogP contribution >= 0.6 is 0 Å². The number of benzene rings is 2. The first-order chi connectivity index (χ1) is 19.7. The third-order valence-electron chi connectivity index (χ3n) is 7.72. The molecule has 0 saturated heterocycles. The van der Waals surface area contributed by atoms with E-state index in [-0.39, 0.29) is 55.5 Å². The van der Waals surface area contributed by atoms with Crippen molar-refractivity contribution in [1.29, 1.82) is 0 Å². The van der Waals surface area contributed by atoms with E-state index in [2.05, 4.69) is 10.3 Å². The minimum atomic E-state index is -4.61. The first-order valence-corrected chi connectivity index (χ1v) is 13.4. The molecule has 13 heteroatoms. The highest BCUT2D eigenvalue weighted by Gasteiger charge is 2.56. The molecule has 1 saturated carbocycles. The molecule has 0 bridgehead atoms. The van der Waals surface area contributed by atoms with Crippen LogP contribution in [0.15, 0.2) is 53.5 Å². The van der Waals surface area contributed by atoms with Gasteiger partial charge in [-0.15, -0.1) is 0 Å². The third kappa shape index (κ3) is 6.44. The maximum atomic E-state index is 13.9. The smallest absolute Gasteiger partial charge is 0.416 e. The summed E-state index contributed by atoms with van der Waals surface area (Å²) in [6, 6.07) is 9.14. The fraction of sp³-hybridized carbons (Fsp3) is 0.448. The summed E-state index contributed by atoms with van der Waals surface area (Å²) in [5, 5.41) is 11.2. The molecule has 2 aromatic carbocycles. The summed E-state index contributed by atoms with van der Waals surface area (Å²) >= 11 is 0. The summed E-state index contributed by atoms with van der Waals surface area (Å²) < 4.78 is 81.1. The second-order valence-electron chi connectivity index (χ2n) is 10.5. The van der Waals surface area contributed by atoms with Gasteiger partial charge >= 0.3 is 18.3 Å². The molecule has 1 aliphatic heterocycles. The molecule has 1 fully saturated rings. The highest BCUT2D eigenvalue weighted by atomic mass is 19.4. The van der Waals surface area contributed by atoms with Gasteiger partial charge in [-0.05, 0) is 55.5 Å². The molecule has 2 aromatic rings. The molecule has 0 aromatic heterocycles. The van der Waals surface area contributed by atoms with E-state index < -0.39 is 59.7 Å². The topological polar surface area (TPSA) is 99.1 Å². The van der Waals surface area contributed by atoms with Gasteiger partial charge in [0.15, 0.2) is 0 Å². The van der Waals surface area contributed by atoms with Gasteiger partial charge in [0.05, 0.1) is 23.9 Å². The van der Waals surface area contributed by atoms with Crippen molar-refractivity contribution in [3.63, 3.8) is 0 Å². The lowest BCUT2D eigenvalue weighted by Crippen LogP contribution is -2.52. The largest absolute Gasteiger partial charge is 0.481 e. The number of carboxylic acids is 1. The van der Waals surface area contributed by atoms with Crippen LogP contribution in [-0.2, 0) is 15.8 Å². The van der Waals surface area contributed by atoms with Crippen LogP contribution in [0.25, 0.3) is 0 Å². The first-order valence-electron chi connectivity index (χ1n) is 13.4. The van der Waals surface area contributed by atoms with Gasteiger partial charge in [-0.2, -0.15) is 26.3 Å². The molecule has 3 unspecified atom stereocenters. The van der Waals surface area contributed by atoms with Crippen LogP contribution in [-0.4, -0.2) is 51.9 Å². The number of amides is 2. The number of hydrogen-bond donors (Lipinski definition) is 2. The van der Waals surface area contributed by atoms with Crippen LogP contribution in [0, 0.1) is 5.92 Å². The van der Waals surface area contributed by atoms with Gasteiger partial charge in [0.1, 0.15) is 11.4 Å². The van der Waals surface area contributed by atoms with Crippen molar-refractivity contribution < 1.29 is 45.8 Å². The minimum Gasteiger partial charge on any atom is -0.481 e. The Kier molecular flexibility index (Phi) is 8.70. The molecule has 1 spiro atoms. The number of carboxylic acid groups (broad SMARTS) is 1. The SMILES string of the molecule is CCC(c1ccc(C(=O)NCCC(=O)O)cc1)N1C(=O)C(c2ccc(C(F)(F)F)cc2)=NC12CCCC(C(F)(F)F)C2. The maximum absolute atomic E-state index is 13.9. The zero-order valence-electron chi connectivity index (χ0n) is 22.6. The van der Waals surface area contributed by atoms with E-state index in [0.717, 1.165) is 24.3 Å². The molecule has 4 rings (SSSR count). The van der Waals surface area contributed by atoms with Crippen molar-refractivity contribution in [3.8, 4) is 0 Å². The van der Waals surface area contributed by atoms with E-state index in [1.54, 1.807) is 19.1 Å². The third-order valence-corrected chi connectivity index (χ3v) is 7.72. The van der Waals surface area contributed by atoms with Gasteiger partial charge in [-0.1, -0.05) is 31.2 Å². The quantitative estimate of drug-likeness (QED) is 0.357. The van der Waals surface area contributed by atoms with E-state index in [4.69, 9.17) is 5.11 Å². The monoisotopic (exact) mass is 597 g/mol. The summed E-state index contributed by atoms with van der Waals surface area (Å²) in [5.41, 5.74) is -1.85. The Labute approximate surface area is 237 Å². The van der Waals surface area contributed by atoms with Crippen molar-refractivity contribution in [1.82, 2.24) is 10.2 Å². The average molecular weight is 598 g/mol. The van der Waals surface area contributed by atoms with E-state index in [9.17, 15) is 40.7 Å². The molecule has 7 nitrogen and oxygen atoms in total. The molecule has 2 N–H and O–H groups in total. The van der Waals surface area contributed by atoms with Crippen LogP contribution in [0.3, 0.4) is 0 Å². The van der Waals surface area contributed by atoms with Crippen LogP contribution in [0.5, 0.6) is 0 Å².